The Bertz CT molecular complexity index is 609. The number of thiophene rings is 1. The Morgan fingerprint density at radius 2 is 2.25 bits per heavy atom. The van der Waals surface area contributed by atoms with E-state index in [1.807, 2.05) is 7.05 Å². The maximum atomic E-state index is 11.5. The number of halogens is 1. The third-order valence-electron chi connectivity index (χ3n) is 2.84. The van der Waals surface area contributed by atoms with Crippen molar-refractivity contribution in [2.45, 2.75) is 20.0 Å². The van der Waals surface area contributed by atoms with E-state index in [0.29, 0.717) is 17.9 Å². The molecule has 2 aromatic rings. The van der Waals surface area contributed by atoms with E-state index in [4.69, 9.17) is 10.3 Å². The fourth-order valence-electron chi connectivity index (χ4n) is 1.99. The van der Waals surface area contributed by atoms with Gasteiger partial charge in [-0.2, -0.15) is 0 Å². The van der Waals surface area contributed by atoms with Crippen LogP contribution in [0.3, 0.4) is 0 Å². The van der Waals surface area contributed by atoms with E-state index in [9.17, 15) is 4.79 Å². The summed E-state index contributed by atoms with van der Waals surface area (Å²) in [5, 5.41) is 2.11. The molecule has 5 nitrogen and oxygen atoms in total. The lowest BCUT2D eigenvalue weighted by molar-refractivity contribution is 0.0952. The molecule has 0 bridgehead atoms. The fraction of sp³-hybridized carbons (Fsp3) is 0.308. The van der Waals surface area contributed by atoms with Crippen LogP contribution in [0.5, 0.6) is 0 Å². The quantitative estimate of drug-likeness (QED) is 0.490. The van der Waals surface area contributed by atoms with Crippen molar-refractivity contribution < 1.29 is 9.21 Å². The lowest BCUT2D eigenvalue weighted by Crippen LogP contribution is -2.30. The molecule has 0 aliphatic heterocycles. The molecule has 1 amide bonds. The maximum Gasteiger partial charge on any atom is 0.268 e. The molecule has 3 N–H and O–H groups in total. The van der Waals surface area contributed by atoms with Crippen LogP contribution in [0.25, 0.3) is 0 Å². The highest BCUT2D eigenvalue weighted by molar-refractivity contribution is 9.11. The standard InChI is InChI=1S/C13H16BrN3O2S/c1-8-11(13(18)16-15)4-10(19-8)6-17(2)5-9-3-12(14)20-7-9/h3-4,7H,5-6,15H2,1-2H3,(H,16,18). The number of carbonyl (C=O) groups is 1. The highest BCUT2D eigenvalue weighted by Crippen LogP contribution is 2.22. The van der Waals surface area contributed by atoms with E-state index in [-0.39, 0.29) is 5.91 Å². The molecular formula is C13H16BrN3O2S. The van der Waals surface area contributed by atoms with Crippen molar-refractivity contribution in [1.29, 1.82) is 0 Å². The van der Waals surface area contributed by atoms with Crippen LogP contribution in [-0.4, -0.2) is 17.9 Å². The van der Waals surface area contributed by atoms with Crippen molar-refractivity contribution in [3.8, 4) is 0 Å². The molecule has 0 aliphatic carbocycles. The number of hydrogen-bond donors (Lipinski definition) is 2. The van der Waals surface area contributed by atoms with E-state index in [2.05, 4.69) is 37.7 Å². The summed E-state index contributed by atoms with van der Waals surface area (Å²) >= 11 is 5.12. The first kappa shape index (κ1) is 15.2. The van der Waals surface area contributed by atoms with Gasteiger partial charge >= 0.3 is 0 Å². The molecular weight excluding hydrogens is 342 g/mol. The zero-order chi connectivity index (χ0) is 14.7. The van der Waals surface area contributed by atoms with Gasteiger partial charge in [0.2, 0.25) is 0 Å². The largest absolute Gasteiger partial charge is 0.464 e. The Kier molecular flexibility index (Phi) is 4.98. The van der Waals surface area contributed by atoms with Gasteiger partial charge in [-0.1, -0.05) is 0 Å². The molecule has 0 radical (unpaired) electrons. The average Bonchev–Trinajstić information content (AvgIpc) is 2.94. The van der Waals surface area contributed by atoms with Crippen molar-refractivity contribution in [3.63, 3.8) is 0 Å². The van der Waals surface area contributed by atoms with Crippen molar-refractivity contribution in [2.75, 3.05) is 7.05 Å². The second-order valence-electron chi connectivity index (χ2n) is 4.59. The average molecular weight is 358 g/mol. The number of rotatable bonds is 5. The van der Waals surface area contributed by atoms with Gasteiger partial charge in [0.25, 0.3) is 5.91 Å². The number of nitrogens with two attached hydrogens (primary N) is 1. The van der Waals surface area contributed by atoms with Crippen LogP contribution in [0.4, 0.5) is 0 Å². The predicted molar refractivity (Wildman–Crippen MR) is 82.3 cm³/mol. The SMILES string of the molecule is Cc1oc(CN(C)Cc2csc(Br)c2)cc1C(=O)NN. The lowest BCUT2D eigenvalue weighted by atomic mass is 10.2. The number of nitrogens with zero attached hydrogens (tertiary/aromatic N) is 1. The van der Waals surface area contributed by atoms with Crippen LogP contribution < -0.4 is 11.3 Å². The molecule has 0 fully saturated rings. The lowest BCUT2D eigenvalue weighted by Gasteiger charge is -2.13. The smallest absolute Gasteiger partial charge is 0.268 e. The van der Waals surface area contributed by atoms with Gasteiger partial charge < -0.3 is 4.42 Å². The molecule has 20 heavy (non-hydrogen) atoms. The van der Waals surface area contributed by atoms with Crippen LogP contribution in [0.2, 0.25) is 0 Å². The van der Waals surface area contributed by atoms with Crippen LogP contribution >= 0.6 is 27.3 Å². The number of hydrogen-bond acceptors (Lipinski definition) is 5. The van der Waals surface area contributed by atoms with Gasteiger partial charge in [0.15, 0.2) is 0 Å². The summed E-state index contributed by atoms with van der Waals surface area (Å²) in [6.07, 6.45) is 0. The summed E-state index contributed by atoms with van der Waals surface area (Å²) in [6.45, 7) is 3.20. The van der Waals surface area contributed by atoms with Gasteiger partial charge in [-0.15, -0.1) is 11.3 Å². The number of nitrogen functional groups attached to an aromatic ring is 1. The van der Waals surface area contributed by atoms with E-state index in [0.717, 1.165) is 16.1 Å². The molecule has 108 valence electrons. The summed E-state index contributed by atoms with van der Waals surface area (Å²) < 4.78 is 6.71. The van der Waals surface area contributed by atoms with Gasteiger partial charge in [0, 0.05) is 6.54 Å². The molecule has 7 heteroatoms. The molecule has 2 aromatic heterocycles. The zero-order valence-electron chi connectivity index (χ0n) is 11.3. The second kappa shape index (κ2) is 6.53. The zero-order valence-corrected chi connectivity index (χ0v) is 13.7. The molecule has 0 saturated carbocycles. The van der Waals surface area contributed by atoms with Gasteiger partial charge in [0.05, 0.1) is 15.9 Å². The Morgan fingerprint density at radius 1 is 1.50 bits per heavy atom. The number of furan rings is 1. The van der Waals surface area contributed by atoms with E-state index in [1.54, 1.807) is 24.3 Å². The molecule has 0 unspecified atom stereocenters. The summed E-state index contributed by atoms with van der Waals surface area (Å²) in [5.41, 5.74) is 3.84. The molecule has 0 aromatic carbocycles. The second-order valence-corrected chi connectivity index (χ2v) is 6.88. The molecule has 0 atom stereocenters. The molecule has 0 aliphatic rings. The number of aryl methyl sites for hydroxylation is 1. The Hall–Kier alpha value is -1.15. The number of carbonyl (C=O) groups excluding carboxylic acids is 1. The third-order valence-corrected chi connectivity index (χ3v) is 4.40. The highest BCUT2D eigenvalue weighted by Gasteiger charge is 2.15. The van der Waals surface area contributed by atoms with Crippen LogP contribution in [0.15, 0.2) is 25.7 Å². The first-order valence-corrected chi connectivity index (χ1v) is 7.68. The summed E-state index contributed by atoms with van der Waals surface area (Å²) in [6, 6.07) is 3.83. The monoisotopic (exact) mass is 357 g/mol. The molecule has 0 saturated heterocycles. The van der Waals surface area contributed by atoms with Crippen molar-refractivity contribution in [1.82, 2.24) is 10.3 Å². The van der Waals surface area contributed by atoms with E-state index >= 15 is 0 Å². The summed E-state index contributed by atoms with van der Waals surface area (Å²) in [5.74, 6) is 6.13. The van der Waals surface area contributed by atoms with Crippen molar-refractivity contribution in [2.24, 2.45) is 5.84 Å². The minimum atomic E-state index is -0.332. The van der Waals surface area contributed by atoms with Crippen LogP contribution in [0, 0.1) is 6.92 Å². The Morgan fingerprint density at radius 3 is 2.85 bits per heavy atom. The summed E-state index contributed by atoms with van der Waals surface area (Å²) in [4.78, 5) is 13.6. The van der Waals surface area contributed by atoms with E-state index < -0.39 is 0 Å². The number of amides is 1. The normalized spacial score (nSPS) is 11.1. The summed E-state index contributed by atoms with van der Waals surface area (Å²) in [7, 11) is 2.01. The Labute approximate surface area is 129 Å². The van der Waals surface area contributed by atoms with Crippen molar-refractivity contribution >= 4 is 33.2 Å². The molecule has 2 heterocycles. The van der Waals surface area contributed by atoms with Gasteiger partial charge in [-0.3, -0.25) is 15.1 Å². The van der Waals surface area contributed by atoms with Crippen molar-refractivity contribution in [3.05, 3.63) is 43.9 Å². The number of nitrogens with one attached hydrogen (secondary N) is 1. The minimum Gasteiger partial charge on any atom is -0.464 e. The third kappa shape index (κ3) is 3.69. The Balaban J connectivity index is 2.01. The minimum absolute atomic E-state index is 0.332. The van der Waals surface area contributed by atoms with Gasteiger partial charge in [-0.25, -0.2) is 5.84 Å². The predicted octanol–water partition coefficient (Wildman–Crippen LogP) is 2.65. The number of hydrazine groups is 1. The fourth-order valence-corrected chi connectivity index (χ4v) is 3.19. The molecule has 0 spiro atoms. The van der Waals surface area contributed by atoms with Gasteiger partial charge in [0.1, 0.15) is 11.5 Å². The van der Waals surface area contributed by atoms with Crippen LogP contribution in [0.1, 0.15) is 27.4 Å². The van der Waals surface area contributed by atoms with Gasteiger partial charge in [-0.05, 0) is 53.0 Å². The first-order valence-electron chi connectivity index (χ1n) is 6.01. The first-order chi connectivity index (χ1) is 9.49. The maximum absolute atomic E-state index is 11.5. The highest BCUT2D eigenvalue weighted by atomic mass is 79.9. The molecule has 2 rings (SSSR count). The van der Waals surface area contributed by atoms with Crippen LogP contribution in [-0.2, 0) is 13.1 Å². The van der Waals surface area contributed by atoms with E-state index in [1.165, 1.54) is 5.56 Å². The topological polar surface area (TPSA) is 71.5 Å².